The van der Waals surface area contributed by atoms with Crippen molar-refractivity contribution < 1.29 is 13.2 Å². The number of amides is 1. The molecule has 166 valence electrons. The van der Waals surface area contributed by atoms with E-state index >= 15 is 0 Å². The highest BCUT2D eigenvalue weighted by Gasteiger charge is 2.24. The van der Waals surface area contributed by atoms with Gasteiger partial charge in [-0.1, -0.05) is 30.7 Å². The third-order valence-electron chi connectivity index (χ3n) is 6.16. The number of rotatable bonds is 7. The molecule has 0 unspecified atom stereocenters. The van der Waals surface area contributed by atoms with Crippen molar-refractivity contribution in [2.45, 2.75) is 57.0 Å². The first-order valence-electron chi connectivity index (χ1n) is 11.1. The van der Waals surface area contributed by atoms with Crippen LogP contribution in [0.3, 0.4) is 0 Å². The van der Waals surface area contributed by atoms with Crippen molar-refractivity contribution in [3.63, 3.8) is 0 Å². The molecular formula is C24H31N3O3S. The summed E-state index contributed by atoms with van der Waals surface area (Å²) in [6.45, 7) is 5.98. The molecule has 0 spiro atoms. The van der Waals surface area contributed by atoms with Crippen LogP contribution >= 0.6 is 0 Å². The first-order valence-corrected chi connectivity index (χ1v) is 12.6. The molecule has 4 rings (SSSR count). The van der Waals surface area contributed by atoms with Crippen molar-refractivity contribution in [2.75, 3.05) is 24.5 Å². The number of anilines is 1. The molecule has 1 N–H and O–H groups in total. The lowest BCUT2D eigenvalue weighted by Crippen LogP contribution is -2.29. The smallest absolute Gasteiger partial charge is 0.240 e. The van der Waals surface area contributed by atoms with Crippen LogP contribution in [0.2, 0.25) is 0 Å². The molecule has 2 aromatic rings. The van der Waals surface area contributed by atoms with E-state index in [9.17, 15) is 13.2 Å². The lowest BCUT2D eigenvalue weighted by atomic mass is 10.1. The van der Waals surface area contributed by atoms with E-state index in [1.807, 2.05) is 19.1 Å². The fourth-order valence-electron chi connectivity index (χ4n) is 4.48. The van der Waals surface area contributed by atoms with Crippen LogP contribution in [-0.4, -0.2) is 38.9 Å². The van der Waals surface area contributed by atoms with Crippen molar-refractivity contribution in [3.05, 3.63) is 59.2 Å². The number of carbonyl (C=O) groups is 1. The summed E-state index contributed by atoms with van der Waals surface area (Å²) in [4.78, 5) is 16.4. The molecule has 0 aromatic heterocycles. The number of sulfonamides is 1. The number of piperidine rings is 1. The highest BCUT2D eigenvalue weighted by molar-refractivity contribution is 7.89. The average molecular weight is 442 g/mol. The Bertz CT molecular complexity index is 1050. The molecule has 7 heteroatoms. The Morgan fingerprint density at radius 2 is 1.71 bits per heavy atom. The minimum atomic E-state index is -3.64. The monoisotopic (exact) mass is 441 g/mol. The molecule has 0 radical (unpaired) electrons. The van der Waals surface area contributed by atoms with Gasteiger partial charge in [0.15, 0.2) is 0 Å². The molecule has 0 aliphatic carbocycles. The number of hydrogen-bond donors (Lipinski definition) is 1. The second-order valence-corrected chi connectivity index (χ2v) is 10.3. The molecule has 1 amide bonds. The maximum Gasteiger partial charge on any atom is 0.240 e. The lowest BCUT2D eigenvalue weighted by molar-refractivity contribution is -0.117. The van der Waals surface area contributed by atoms with Gasteiger partial charge in [0.05, 0.1) is 4.90 Å². The zero-order valence-corrected chi connectivity index (χ0v) is 19.0. The third kappa shape index (κ3) is 5.34. The number of hydrogen-bond acceptors (Lipinski definition) is 4. The van der Waals surface area contributed by atoms with E-state index < -0.39 is 10.0 Å². The number of carbonyl (C=O) groups excluding carboxylic acids is 1. The molecule has 6 nitrogen and oxygen atoms in total. The fourth-order valence-corrected chi connectivity index (χ4v) is 5.58. The zero-order chi connectivity index (χ0) is 21.8. The van der Waals surface area contributed by atoms with Crippen LogP contribution in [0.25, 0.3) is 0 Å². The van der Waals surface area contributed by atoms with Crippen LogP contribution in [0.4, 0.5) is 5.69 Å². The summed E-state index contributed by atoms with van der Waals surface area (Å²) in [5.74, 6) is 0.0984. The van der Waals surface area contributed by atoms with Crippen LogP contribution in [0.5, 0.6) is 0 Å². The van der Waals surface area contributed by atoms with Crippen LogP contribution in [-0.2, 0) is 27.9 Å². The largest absolute Gasteiger partial charge is 0.312 e. The highest BCUT2D eigenvalue weighted by atomic mass is 32.2. The maximum atomic E-state index is 12.9. The van der Waals surface area contributed by atoms with Gasteiger partial charge in [-0.2, -0.15) is 0 Å². The molecule has 2 saturated heterocycles. The van der Waals surface area contributed by atoms with Gasteiger partial charge in [-0.25, -0.2) is 13.1 Å². The molecule has 31 heavy (non-hydrogen) atoms. The van der Waals surface area contributed by atoms with Gasteiger partial charge >= 0.3 is 0 Å². The van der Waals surface area contributed by atoms with Gasteiger partial charge in [0.1, 0.15) is 0 Å². The van der Waals surface area contributed by atoms with Crippen molar-refractivity contribution in [1.82, 2.24) is 9.62 Å². The van der Waals surface area contributed by atoms with E-state index in [4.69, 9.17) is 0 Å². The SMILES string of the molecule is Cc1cc(S(=O)(=O)NCc2cccc(CN3CCCCC3)c2)ccc1N1CCCC1=O. The highest BCUT2D eigenvalue weighted by Crippen LogP contribution is 2.27. The minimum Gasteiger partial charge on any atom is -0.312 e. The molecule has 0 saturated carbocycles. The topological polar surface area (TPSA) is 69.7 Å². The standard InChI is InChI=1S/C24H31N3O3S/c1-19-15-22(10-11-23(19)27-14-6-9-24(27)28)31(29,30)25-17-20-7-5-8-21(16-20)18-26-12-3-2-4-13-26/h5,7-8,10-11,15-16,25H,2-4,6,9,12-14,17-18H2,1H3. The molecule has 2 aliphatic rings. The molecule has 2 fully saturated rings. The molecule has 2 aromatic carbocycles. The Kier molecular flexibility index (Phi) is 6.74. The maximum absolute atomic E-state index is 12.9. The summed E-state index contributed by atoms with van der Waals surface area (Å²) in [7, 11) is -3.64. The number of nitrogens with zero attached hydrogens (tertiary/aromatic N) is 2. The van der Waals surface area contributed by atoms with E-state index in [1.54, 1.807) is 23.1 Å². The number of benzene rings is 2. The summed E-state index contributed by atoms with van der Waals surface area (Å²) in [5.41, 5.74) is 3.76. The van der Waals surface area contributed by atoms with Gasteiger partial charge in [0.2, 0.25) is 15.9 Å². The summed E-state index contributed by atoms with van der Waals surface area (Å²) in [6, 6.07) is 13.1. The quantitative estimate of drug-likeness (QED) is 0.713. The van der Waals surface area contributed by atoms with Gasteiger partial charge in [-0.05, 0) is 74.2 Å². The normalized spacial score (nSPS) is 18.0. The van der Waals surface area contributed by atoms with Crippen LogP contribution in [0.1, 0.15) is 48.8 Å². The Morgan fingerprint density at radius 1 is 0.935 bits per heavy atom. The van der Waals surface area contributed by atoms with Crippen LogP contribution < -0.4 is 9.62 Å². The first-order chi connectivity index (χ1) is 14.9. The molecule has 0 bridgehead atoms. The molecule has 0 atom stereocenters. The molecular weight excluding hydrogens is 410 g/mol. The summed E-state index contributed by atoms with van der Waals surface area (Å²) < 4.78 is 28.4. The third-order valence-corrected chi connectivity index (χ3v) is 7.55. The van der Waals surface area contributed by atoms with E-state index in [2.05, 4.69) is 21.8 Å². The summed E-state index contributed by atoms with van der Waals surface area (Å²) in [6.07, 6.45) is 5.22. The number of aryl methyl sites for hydroxylation is 1. The van der Waals surface area contributed by atoms with Crippen LogP contribution in [0, 0.1) is 6.92 Å². The van der Waals surface area contributed by atoms with Crippen molar-refractivity contribution in [2.24, 2.45) is 0 Å². The van der Waals surface area contributed by atoms with Crippen molar-refractivity contribution in [3.8, 4) is 0 Å². The summed E-state index contributed by atoms with van der Waals surface area (Å²) >= 11 is 0. The first kappa shape index (κ1) is 22.0. The van der Waals surface area contributed by atoms with E-state index in [0.717, 1.165) is 42.9 Å². The van der Waals surface area contributed by atoms with E-state index in [0.29, 0.717) is 13.0 Å². The Morgan fingerprint density at radius 3 is 2.42 bits per heavy atom. The van der Waals surface area contributed by atoms with Gasteiger partial charge in [-0.3, -0.25) is 9.69 Å². The van der Waals surface area contributed by atoms with Gasteiger partial charge in [-0.15, -0.1) is 0 Å². The Labute approximate surface area is 185 Å². The molecule has 2 aliphatic heterocycles. The minimum absolute atomic E-state index is 0.0984. The second kappa shape index (κ2) is 9.51. The zero-order valence-electron chi connectivity index (χ0n) is 18.1. The predicted octanol–water partition coefficient (Wildman–Crippen LogP) is 3.59. The van der Waals surface area contributed by atoms with Gasteiger partial charge in [0, 0.05) is 31.7 Å². The predicted molar refractivity (Wildman–Crippen MR) is 122 cm³/mol. The fraction of sp³-hybridized carbons (Fsp3) is 0.458. The second-order valence-electron chi connectivity index (χ2n) is 8.58. The van der Waals surface area contributed by atoms with Gasteiger partial charge < -0.3 is 4.90 Å². The average Bonchev–Trinajstić information content (AvgIpc) is 3.19. The lowest BCUT2D eigenvalue weighted by Gasteiger charge is -2.26. The Hall–Kier alpha value is -2.22. The van der Waals surface area contributed by atoms with Crippen molar-refractivity contribution in [1.29, 1.82) is 0 Å². The molecule has 2 heterocycles. The van der Waals surface area contributed by atoms with E-state index in [1.165, 1.54) is 24.8 Å². The van der Waals surface area contributed by atoms with E-state index in [-0.39, 0.29) is 17.3 Å². The Balaban J connectivity index is 1.41. The number of likely N-dealkylation sites (tertiary alicyclic amines) is 1. The summed E-state index contributed by atoms with van der Waals surface area (Å²) in [5, 5.41) is 0. The van der Waals surface area contributed by atoms with Gasteiger partial charge in [0.25, 0.3) is 0 Å². The van der Waals surface area contributed by atoms with Crippen molar-refractivity contribution >= 4 is 21.6 Å². The van der Waals surface area contributed by atoms with Crippen LogP contribution in [0.15, 0.2) is 47.4 Å². The number of nitrogens with one attached hydrogen (secondary N) is 1.